The number of para-hydroxylation sites is 1. The van der Waals surface area contributed by atoms with Gasteiger partial charge < -0.3 is 14.6 Å². The van der Waals surface area contributed by atoms with E-state index in [1.807, 2.05) is 35.8 Å². The number of carbonyl (C=O) groups is 2. The average Bonchev–Trinajstić information content (AvgIpc) is 2.73. The molecule has 6 heteroatoms. The van der Waals surface area contributed by atoms with E-state index in [9.17, 15) is 9.59 Å². The maximum atomic E-state index is 12.1. The van der Waals surface area contributed by atoms with Gasteiger partial charge >= 0.3 is 5.97 Å². The van der Waals surface area contributed by atoms with Crippen LogP contribution in [0.25, 0.3) is 10.9 Å². The first-order valence-corrected chi connectivity index (χ1v) is 7.99. The zero-order valence-electron chi connectivity index (χ0n) is 12.7. The first-order valence-electron chi connectivity index (χ1n) is 7.20. The summed E-state index contributed by atoms with van der Waals surface area (Å²) in [6.07, 6.45) is 0.189. The lowest BCUT2D eigenvalue weighted by atomic mass is 10.2. The van der Waals surface area contributed by atoms with Gasteiger partial charge in [-0.05, 0) is 35.8 Å². The minimum Gasteiger partial charge on any atom is -0.466 e. The van der Waals surface area contributed by atoms with Gasteiger partial charge in [-0.3, -0.25) is 9.59 Å². The van der Waals surface area contributed by atoms with Crippen LogP contribution in [0.2, 0.25) is 0 Å². The fourth-order valence-corrected chi connectivity index (χ4v) is 2.88. The molecule has 0 spiro atoms. The number of ether oxygens (including phenoxy) is 1. The molecule has 1 N–H and O–H groups in total. The molecule has 0 unspecified atom stereocenters. The quantitative estimate of drug-likeness (QED) is 0.799. The molecule has 0 bridgehead atoms. The molecule has 0 radical (unpaired) electrons. The van der Waals surface area contributed by atoms with E-state index < -0.39 is 0 Å². The summed E-state index contributed by atoms with van der Waals surface area (Å²) < 4.78 is 7.78. The molecule has 0 aliphatic heterocycles. The van der Waals surface area contributed by atoms with E-state index in [1.54, 1.807) is 6.92 Å². The molecule has 0 aliphatic rings. The summed E-state index contributed by atoms with van der Waals surface area (Å²) in [5, 5.41) is 3.83. The number of nitrogens with zero attached hydrogens (tertiary/aromatic N) is 1. The summed E-state index contributed by atoms with van der Waals surface area (Å²) in [7, 11) is 0. The molecule has 0 aliphatic carbocycles. The van der Waals surface area contributed by atoms with Gasteiger partial charge in [0.05, 0.1) is 13.0 Å². The Kier molecular flexibility index (Phi) is 5.60. The molecule has 2 rings (SSSR count). The first kappa shape index (κ1) is 16.5. The van der Waals surface area contributed by atoms with Crippen molar-refractivity contribution in [2.45, 2.75) is 26.8 Å². The molecule has 0 saturated heterocycles. The molecular weight excluding hydrogens is 348 g/mol. The number of rotatable bonds is 6. The van der Waals surface area contributed by atoms with Gasteiger partial charge in [-0.25, -0.2) is 0 Å². The monoisotopic (exact) mass is 366 g/mol. The number of aromatic nitrogens is 1. The van der Waals surface area contributed by atoms with Gasteiger partial charge in [0.15, 0.2) is 0 Å². The van der Waals surface area contributed by atoms with Crippen LogP contribution in [-0.4, -0.2) is 29.6 Å². The van der Waals surface area contributed by atoms with Gasteiger partial charge in [-0.2, -0.15) is 0 Å². The number of halogens is 1. The molecule has 2 aromatic rings. The Morgan fingerprint density at radius 1 is 1.32 bits per heavy atom. The third kappa shape index (κ3) is 3.68. The molecule has 1 aromatic heterocycles. The summed E-state index contributed by atoms with van der Waals surface area (Å²) in [5.41, 5.74) is 2.01. The van der Waals surface area contributed by atoms with E-state index in [0.29, 0.717) is 6.61 Å². The Hall–Kier alpha value is -1.82. The number of esters is 1. The largest absolute Gasteiger partial charge is 0.466 e. The molecule has 22 heavy (non-hydrogen) atoms. The summed E-state index contributed by atoms with van der Waals surface area (Å²) in [6, 6.07) is 7.92. The highest BCUT2D eigenvalue weighted by molar-refractivity contribution is 9.10. The van der Waals surface area contributed by atoms with Crippen LogP contribution in [0.4, 0.5) is 0 Å². The van der Waals surface area contributed by atoms with E-state index in [1.165, 1.54) is 0 Å². The number of hydrogen-bond donors (Lipinski definition) is 1. The number of benzene rings is 1. The molecule has 0 fully saturated rings. The number of nitrogens with one attached hydrogen (secondary N) is 1. The van der Waals surface area contributed by atoms with Crippen molar-refractivity contribution in [3.63, 3.8) is 0 Å². The molecule has 1 heterocycles. The molecule has 1 amide bonds. The Morgan fingerprint density at radius 2 is 2.05 bits per heavy atom. The summed E-state index contributed by atoms with van der Waals surface area (Å²) in [5.74, 6) is -0.422. The standard InChI is InChI=1S/C16H19BrN2O3/c1-3-22-15(21)8-9-18-14(20)10-19-11(2)16(17)12-6-4-5-7-13(12)19/h4-7H,3,8-10H2,1-2H3,(H,18,20). The summed E-state index contributed by atoms with van der Waals surface area (Å²) in [6.45, 7) is 4.59. The lowest BCUT2D eigenvalue weighted by molar-refractivity contribution is -0.143. The minimum atomic E-state index is -0.298. The Bertz CT molecular complexity index is 694. The number of amides is 1. The van der Waals surface area contributed by atoms with Crippen molar-refractivity contribution < 1.29 is 14.3 Å². The van der Waals surface area contributed by atoms with Crippen molar-refractivity contribution in [1.82, 2.24) is 9.88 Å². The molecule has 118 valence electrons. The van der Waals surface area contributed by atoms with Crippen LogP contribution in [0.1, 0.15) is 19.0 Å². The van der Waals surface area contributed by atoms with Gasteiger partial charge in [-0.15, -0.1) is 0 Å². The van der Waals surface area contributed by atoms with Crippen LogP contribution in [0.15, 0.2) is 28.7 Å². The van der Waals surface area contributed by atoms with Crippen LogP contribution in [-0.2, 0) is 20.9 Å². The summed E-state index contributed by atoms with van der Waals surface area (Å²) >= 11 is 3.57. The third-order valence-corrected chi connectivity index (χ3v) is 4.41. The fourth-order valence-electron chi connectivity index (χ4n) is 2.33. The average molecular weight is 367 g/mol. The normalized spacial score (nSPS) is 10.7. The smallest absolute Gasteiger partial charge is 0.307 e. The fraction of sp³-hybridized carbons (Fsp3) is 0.375. The van der Waals surface area contributed by atoms with Crippen molar-refractivity contribution in [3.8, 4) is 0 Å². The maximum absolute atomic E-state index is 12.1. The molecule has 0 atom stereocenters. The van der Waals surface area contributed by atoms with Crippen molar-refractivity contribution in [2.75, 3.05) is 13.2 Å². The second-order valence-corrected chi connectivity index (χ2v) is 5.70. The van der Waals surface area contributed by atoms with E-state index in [0.717, 1.165) is 21.1 Å². The molecule has 1 aromatic carbocycles. The highest BCUT2D eigenvalue weighted by Crippen LogP contribution is 2.30. The number of hydrogen-bond acceptors (Lipinski definition) is 3. The lowest BCUT2D eigenvalue weighted by Gasteiger charge is -2.09. The minimum absolute atomic E-state index is 0.124. The molecule has 0 saturated carbocycles. The van der Waals surface area contributed by atoms with E-state index in [4.69, 9.17) is 4.74 Å². The zero-order valence-corrected chi connectivity index (χ0v) is 14.3. The van der Waals surface area contributed by atoms with Crippen molar-refractivity contribution in [1.29, 1.82) is 0 Å². The van der Waals surface area contributed by atoms with E-state index in [2.05, 4.69) is 21.2 Å². The van der Waals surface area contributed by atoms with Crippen molar-refractivity contribution in [2.24, 2.45) is 0 Å². The van der Waals surface area contributed by atoms with E-state index >= 15 is 0 Å². The van der Waals surface area contributed by atoms with Crippen molar-refractivity contribution >= 4 is 38.7 Å². The number of fused-ring (bicyclic) bond motifs is 1. The number of carbonyl (C=O) groups excluding carboxylic acids is 2. The molecule has 5 nitrogen and oxygen atoms in total. The predicted molar refractivity (Wildman–Crippen MR) is 88.6 cm³/mol. The van der Waals surface area contributed by atoms with Gasteiger partial charge in [0, 0.05) is 27.6 Å². The molecular formula is C16H19BrN2O3. The SMILES string of the molecule is CCOC(=O)CCNC(=O)Cn1c(C)c(Br)c2ccccc21. The lowest BCUT2D eigenvalue weighted by Crippen LogP contribution is -2.30. The third-order valence-electron chi connectivity index (χ3n) is 3.41. The Balaban J connectivity index is 2.00. The zero-order chi connectivity index (χ0) is 16.1. The Morgan fingerprint density at radius 3 is 2.77 bits per heavy atom. The van der Waals surface area contributed by atoms with Gasteiger partial charge in [0.25, 0.3) is 0 Å². The Labute approximate surface area is 137 Å². The van der Waals surface area contributed by atoms with Crippen LogP contribution >= 0.6 is 15.9 Å². The second kappa shape index (κ2) is 7.45. The van der Waals surface area contributed by atoms with Crippen LogP contribution < -0.4 is 5.32 Å². The van der Waals surface area contributed by atoms with Gasteiger partial charge in [0.1, 0.15) is 6.54 Å². The second-order valence-electron chi connectivity index (χ2n) is 4.91. The van der Waals surface area contributed by atoms with Crippen LogP contribution in [0.5, 0.6) is 0 Å². The topological polar surface area (TPSA) is 60.3 Å². The van der Waals surface area contributed by atoms with Crippen LogP contribution in [0.3, 0.4) is 0 Å². The predicted octanol–water partition coefficient (Wildman–Crippen LogP) is 2.78. The van der Waals surface area contributed by atoms with Crippen molar-refractivity contribution in [3.05, 3.63) is 34.4 Å². The summed E-state index contributed by atoms with van der Waals surface area (Å²) in [4.78, 5) is 23.3. The van der Waals surface area contributed by atoms with Gasteiger partial charge in [0.2, 0.25) is 5.91 Å². The maximum Gasteiger partial charge on any atom is 0.307 e. The first-order chi connectivity index (χ1) is 10.5. The van der Waals surface area contributed by atoms with Crippen LogP contribution in [0, 0.1) is 6.92 Å². The highest BCUT2D eigenvalue weighted by atomic mass is 79.9. The van der Waals surface area contributed by atoms with E-state index in [-0.39, 0.29) is 31.4 Å². The van der Waals surface area contributed by atoms with Gasteiger partial charge in [-0.1, -0.05) is 18.2 Å². The highest BCUT2D eigenvalue weighted by Gasteiger charge is 2.14.